The quantitative estimate of drug-likeness (QED) is 0.894. The standard InChI is InChI=1S/C17H27N5O3/c1-12-11-21(9-10-22(12)16(24)25-17(3,4)5)13(2)14(23)20-15-18-7-6-8-19-15/h6-8,12-13H,9-11H2,1-5H3,(H,18,19,20,23). The summed E-state index contributed by atoms with van der Waals surface area (Å²) in [4.78, 5) is 36.4. The van der Waals surface area contributed by atoms with Crippen LogP contribution in [-0.4, -0.2) is 69.1 Å². The maximum absolute atomic E-state index is 12.4. The molecule has 1 N–H and O–H groups in total. The number of ether oxygens (including phenoxy) is 1. The van der Waals surface area contributed by atoms with E-state index in [0.29, 0.717) is 25.6 Å². The molecule has 1 aliphatic heterocycles. The van der Waals surface area contributed by atoms with Gasteiger partial charge < -0.3 is 9.64 Å². The normalized spacial score (nSPS) is 20.0. The molecule has 0 radical (unpaired) electrons. The number of hydrogen-bond acceptors (Lipinski definition) is 6. The summed E-state index contributed by atoms with van der Waals surface area (Å²) in [5.41, 5.74) is -0.517. The van der Waals surface area contributed by atoms with Gasteiger partial charge in [0.2, 0.25) is 11.9 Å². The number of nitrogens with zero attached hydrogens (tertiary/aromatic N) is 4. The summed E-state index contributed by atoms with van der Waals surface area (Å²) in [5, 5.41) is 2.71. The van der Waals surface area contributed by atoms with Crippen LogP contribution in [0.25, 0.3) is 0 Å². The van der Waals surface area contributed by atoms with Gasteiger partial charge in [0.05, 0.1) is 6.04 Å². The average molecular weight is 349 g/mol. The zero-order chi connectivity index (χ0) is 18.6. The van der Waals surface area contributed by atoms with Crippen molar-refractivity contribution >= 4 is 17.9 Å². The minimum Gasteiger partial charge on any atom is -0.444 e. The van der Waals surface area contributed by atoms with Crippen LogP contribution in [0.5, 0.6) is 0 Å². The second-order valence-electron chi connectivity index (χ2n) is 7.26. The van der Waals surface area contributed by atoms with E-state index in [1.807, 2.05) is 39.5 Å². The number of carbonyl (C=O) groups excluding carboxylic acids is 2. The first kappa shape index (κ1) is 19.1. The highest BCUT2D eigenvalue weighted by Crippen LogP contribution is 2.17. The van der Waals surface area contributed by atoms with Crippen LogP contribution in [0.4, 0.5) is 10.7 Å². The van der Waals surface area contributed by atoms with Gasteiger partial charge in [-0.25, -0.2) is 14.8 Å². The van der Waals surface area contributed by atoms with E-state index in [0.717, 1.165) is 0 Å². The Labute approximate surface area is 148 Å². The first-order valence-electron chi connectivity index (χ1n) is 8.49. The van der Waals surface area contributed by atoms with Gasteiger partial charge in [-0.2, -0.15) is 0 Å². The van der Waals surface area contributed by atoms with Crippen LogP contribution in [0.1, 0.15) is 34.6 Å². The van der Waals surface area contributed by atoms with Crippen molar-refractivity contribution in [2.24, 2.45) is 0 Å². The van der Waals surface area contributed by atoms with E-state index in [4.69, 9.17) is 4.74 Å². The van der Waals surface area contributed by atoms with Gasteiger partial charge in [-0.3, -0.25) is 15.0 Å². The van der Waals surface area contributed by atoms with Crippen molar-refractivity contribution in [2.45, 2.75) is 52.3 Å². The van der Waals surface area contributed by atoms with E-state index >= 15 is 0 Å². The fourth-order valence-corrected chi connectivity index (χ4v) is 2.67. The third kappa shape index (κ3) is 5.38. The second-order valence-corrected chi connectivity index (χ2v) is 7.26. The zero-order valence-electron chi connectivity index (χ0n) is 15.5. The van der Waals surface area contributed by atoms with Gasteiger partial charge in [0.1, 0.15) is 5.60 Å². The van der Waals surface area contributed by atoms with E-state index in [2.05, 4.69) is 15.3 Å². The SMILES string of the molecule is CC(C(=O)Nc1ncccn1)N1CCN(C(=O)OC(C)(C)C)C(C)C1. The van der Waals surface area contributed by atoms with Gasteiger partial charge >= 0.3 is 6.09 Å². The summed E-state index contributed by atoms with van der Waals surface area (Å²) in [6, 6.07) is 1.32. The molecule has 0 aliphatic carbocycles. The van der Waals surface area contributed by atoms with Crippen LogP contribution in [-0.2, 0) is 9.53 Å². The molecule has 2 unspecified atom stereocenters. The summed E-state index contributed by atoms with van der Waals surface area (Å²) < 4.78 is 5.44. The summed E-state index contributed by atoms with van der Waals surface area (Å²) in [5.74, 6) is 0.129. The number of aromatic nitrogens is 2. The number of rotatable bonds is 3. The fourth-order valence-electron chi connectivity index (χ4n) is 2.67. The lowest BCUT2D eigenvalue weighted by Gasteiger charge is -2.42. The molecule has 1 aromatic rings. The number of piperazine rings is 1. The van der Waals surface area contributed by atoms with Crippen molar-refractivity contribution in [3.63, 3.8) is 0 Å². The molecular weight excluding hydrogens is 322 g/mol. The topological polar surface area (TPSA) is 87.7 Å². The Morgan fingerprint density at radius 1 is 1.28 bits per heavy atom. The van der Waals surface area contributed by atoms with Crippen LogP contribution in [0.15, 0.2) is 18.5 Å². The molecule has 8 heteroatoms. The molecule has 0 aromatic carbocycles. The smallest absolute Gasteiger partial charge is 0.410 e. The van der Waals surface area contributed by atoms with Crippen molar-refractivity contribution in [3.05, 3.63) is 18.5 Å². The Hall–Kier alpha value is -2.22. The van der Waals surface area contributed by atoms with E-state index in [1.165, 1.54) is 0 Å². The predicted molar refractivity (Wildman–Crippen MR) is 94.1 cm³/mol. The Kier molecular flexibility index (Phi) is 5.94. The van der Waals surface area contributed by atoms with Crippen molar-refractivity contribution in [2.75, 3.05) is 25.0 Å². The van der Waals surface area contributed by atoms with Crippen LogP contribution in [0, 0.1) is 0 Å². The third-order valence-corrected chi connectivity index (χ3v) is 4.01. The molecule has 1 fully saturated rings. The van der Waals surface area contributed by atoms with Gasteiger partial charge in [-0.1, -0.05) is 0 Å². The first-order chi connectivity index (χ1) is 11.7. The maximum Gasteiger partial charge on any atom is 0.410 e. The average Bonchev–Trinajstić information content (AvgIpc) is 2.53. The number of hydrogen-bond donors (Lipinski definition) is 1. The molecule has 1 aliphatic rings. The Balaban J connectivity index is 1.91. The van der Waals surface area contributed by atoms with Crippen molar-refractivity contribution in [1.82, 2.24) is 19.8 Å². The summed E-state index contributed by atoms with van der Waals surface area (Å²) >= 11 is 0. The van der Waals surface area contributed by atoms with Crippen LogP contribution in [0.2, 0.25) is 0 Å². The summed E-state index contributed by atoms with van der Waals surface area (Å²) in [7, 11) is 0. The number of carbonyl (C=O) groups is 2. The molecule has 0 saturated carbocycles. The highest BCUT2D eigenvalue weighted by molar-refractivity contribution is 5.93. The third-order valence-electron chi connectivity index (χ3n) is 4.01. The predicted octanol–water partition coefficient (Wildman–Crippen LogP) is 1.74. The molecule has 1 saturated heterocycles. The number of nitrogens with one attached hydrogen (secondary N) is 1. The van der Waals surface area contributed by atoms with Crippen molar-refractivity contribution in [3.8, 4) is 0 Å². The van der Waals surface area contributed by atoms with E-state index in [9.17, 15) is 9.59 Å². The molecule has 138 valence electrons. The summed E-state index contributed by atoms with van der Waals surface area (Å²) in [6.45, 7) is 11.1. The van der Waals surface area contributed by atoms with E-state index in [-0.39, 0.29) is 24.1 Å². The molecule has 8 nitrogen and oxygen atoms in total. The monoisotopic (exact) mass is 349 g/mol. The molecule has 2 heterocycles. The molecule has 1 aromatic heterocycles. The van der Waals surface area contributed by atoms with Gasteiger partial charge in [-0.05, 0) is 40.7 Å². The van der Waals surface area contributed by atoms with Crippen LogP contribution >= 0.6 is 0 Å². The fraction of sp³-hybridized carbons (Fsp3) is 0.647. The van der Waals surface area contributed by atoms with E-state index in [1.54, 1.807) is 23.4 Å². The molecule has 25 heavy (non-hydrogen) atoms. The van der Waals surface area contributed by atoms with Crippen LogP contribution in [0.3, 0.4) is 0 Å². The molecule has 0 bridgehead atoms. The second kappa shape index (κ2) is 7.77. The molecular formula is C17H27N5O3. The van der Waals surface area contributed by atoms with Crippen LogP contribution < -0.4 is 5.32 Å². The largest absolute Gasteiger partial charge is 0.444 e. The number of anilines is 1. The van der Waals surface area contributed by atoms with Crippen molar-refractivity contribution < 1.29 is 14.3 Å². The Bertz CT molecular complexity index is 602. The summed E-state index contributed by atoms with van der Waals surface area (Å²) in [6.07, 6.45) is 2.85. The lowest BCUT2D eigenvalue weighted by atomic mass is 10.1. The molecule has 0 spiro atoms. The molecule has 2 atom stereocenters. The number of amides is 2. The zero-order valence-corrected chi connectivity index (χ0v) is 15.5. The maximum atomic E-state index is 12.4. The lowest BCUT2D eigenvalue weighted by molar-refractivity contribution is -0.121. The van der Waals surface area contributed by atoms with Gasteiger partial charge in [0.15, 0.2) is 0 Å². The van der Waals surface area contributed by atoms with Gasteiger partial charge in [0, 0.05) is 38.1 Å². The minimum atomic E-state index is -0.517. The highest BCUT2D eigenvalue weighted by atomic mass is 16.6. The molecule has 2 rings (SSSR count). The van der Waals surface area contributed by atoms with Gasteiger partial charge in [0.25, 0.3) is 0 Å². The van der Waals surface area contributed by atoms with E-state index < -0.39 is 5.60 Å². The Morgan fingerprint density at radius 2 is 1.92 bits per heavy atom. The van der Waals surface area contributed by atoms with Crippen molar-refractivity contribution in [1.29, 1.82) is 0 Å². The highest BCUT2D eigenvalue weighted by Gasteiger charge is 2.34. The lowest BCUT2D eigenvalue weighted by Crippen LogP contribution is -2.58. The Morgan fingerprint density at radius 3 is 2.48 bits per heavy atom. The molecule has 2 amide bonds. The van der Waals surface area contributed by atoms with Gasteiger partial charge in [-0.15, -0.1) is 0 Å². The minimum absolute atomic E-state index is 0.0353. The first-order valence-corrected chi connectivity index (χ1v) is 8.49.